The molecule has 1 rings (SSSR count). The van der Waals surface area contributed by atoms with Crippen LogP contribution in [0.5, 0.6) is 0 Å². The molecule has 86 valence electrons. The first-order chi connectivity index (χ1) is 7.16. The molecule has 1 heterocycles. The summed E-state index contributed by atoms with van der Waals surface area (Å²) in [5.74, 6) is -0.278. The molecule has 0 aromatic heterocycles. The number of carbonyl (C=O) groups is 2. The fourth-order valence-electron chi connectivity index (χ4n) is 1.45. The summed E-state index contributed by atoms with van der Waals surface area (Å²) in [4.78, 5) is 24.4. The number of hydrogen-bond acceptors (Lipinski definition) is 4. The first kappa shape index (κ1) is 11.9. The minimum Gasteiger partial charge on any atom is -0.370 e. The number of piperazine rings is 1. The summed E-state index contributed by atoms with van der Waals surface area (Å²) in [5, 5.41) is 2.69. The Hall–Kier alpha value is -1.14. The first-order valence-electron chi connectivity index (χ1n) is 5.02. The fourth-order valence-corrected chi connectivity index (χ4v) is 1.45. The molecule has 1 saturated heterocycles. The van der Waals surface area contributed by atoms with Crippen molar-refractivity contribution in [2.45, 2.75) is 13.0 Å². The summed E-state index contributed by atoms with van der Waals surface area (Å²) in [6, 6.07) is -0.410. The van der Waals surface area contributed by atoms with Gasteiger partial charge < -0.3 is 20.7 Å². The zero-order valence-electron chi connectivity index (χ0n) is 8.86. The Kier molecular flexibility index (Phi) is 4.51. The van der Waals surface area contributed by atoms with Crippen molar-refractivity contribution in [3.05, 3.63) is 0 Å². The molecule has 1 fully saturated rings. The summed E-state index contributed by atoms with van der Waals surface area (Å²) >= 11 is 0. The average Bonchev–Trinajstić information content (AvgIpc) is 2.22. The number of nitrogens with two attached hydrogens (primary N) is 1. The standard InChI is InChI=1S/C9H17N3O3/c1-7-9(14)11-3-4-12(7)8(13)6-15-5-2-10/h7H,2-6,10H2,1H3,(H,11,14). The molecule has 0 radical (unpaired) electrons. The predicted molar refractivity (Wildman–Crippen MR) is 54.1 cm³/mol. The lowest BCUT2D eigenvalue weighted by Crippen LogP contribution is -2.56. The van der Waals surface area contributed by atoms with Crippen LogP contribution in [0.15, 0.2) is 0 Å². The molecule has 6 nitrogen and oxygen atoms in total. The quantitative estimate of drug-likeness (QED) is 0.548. The summed E-state index contributed by atoms with van der Waals surface area (Å²) in [7, 11) is 0. The van der Waals surface area contributed by atoms with Crippen molar-refractivity contribution in [3.8, 4) is 0 Å². The first-order valence-corrected chi connectivity index (χ1v) is 5.02. The van der Waals surface area contributed by atoms with Gasteiger partial charge in [-0.1, -0.05) is 0 Å². The van der Waals surface area contributed by atoms with Crippen molar-refractivity contribution >= 4 is 11.8 Å². The molecule has 3 N–H and O–H groups in total. The van der Waals surface area contributed by atoms with E-state index in [9.17, 15) is 9.59 Å². The molecule has 0 saturated carbocycles. The van der Waals surface area contributed by atoms with Crippen molar-refractivity contribution in [2.75, 3.05) is 32.8 Å². The number of hydrogen-bond donors (Lipinski definition) is 2. The molecule has 1 unspecified atom stereocenters. The summed E-state index contributed by atoms with van der Waals surface area (Å²) < 4.78 is 5.03. The van der Waals surface area contributed by atoms with Crippen molar-refractivity contribution < 1.29 is 14.3 Å². The minimum atomic E-state index is -0.410. The largest absolute Gasteiger partial charge is 0.370 e. The van der Waals surface area contributed by atoms with Crippen LogP contribution in [-0.4, -0.2) is 55.6 Å². The molecule has 1 aliphatic rings. The third kappa shape index (κ3) is 3.17. The van der Waals surface area contributed by atoms with Crippen LogP contribution < -0.4 is 11.1 Å². The van der Waals surface area contributed by atoms with E-state index in [-0.39, 0.29) is 18.4 Å². The molecule has 6 heteroatoms. The zero-order chi connectivity index (χ0) is 11.3. The van der Waals surface area contributed by atoms with Crippen molar-refractivity contribution in [2.24, 2.45) is 5.73 Å². The van der Waals surface area contributed by atoms with E-state index in [1.165, 1.54) is 4.90 Å². The van der Waals surface area contributed by atoms with Crippen LogP contribution in [0, 0.1) is 0 Å². The van der Waals surface area contributed by atoms with Gasteiger partial charge in [-0.2, -0.15) is 0 Å². The molecule has 1 aliphatic heterocycles. The number of carbonyl (C=O) groups excluding carboxylic acids is 2. The third-order valence-corrected chi connectivity index (χ3v) is 2.31. The van der Waals surface area contributed by atoms with E-state index in [2.05, 4.69) is 5.32 Å². The van der Waals surface area contributed by atoms with Gasteiger partial charge in [-0.3, -0.25) is 9.59 Å². The molecular formula is C9H17N3O3. The van der Waals surface area contributed by atoms with E-state index in [0.717, 1.165) is 0 Å². The highest BCUT2D eigenvalue weighted by atomic mass is 16.5. The van der Waals surface area contributed by atoms with Crippen molar-refractivity contribution in [1.82, 2.24) is 10.2 Å². The van der Waals surface area contributed by atoms with Crippen LogP contribution in [-0.2, 0) is 14.3 Å². The summed E-state index contributed by atoms with van der Waals surface area (Å²) in [6.07, 6.45) is 0. The second-order valence-corrected chi connectivity index (χ2v) is 3.40. The number of ether oxygens (including phenoxy) is 1. The van der Waals surface area contributed by atoms with Crippen LogP contribution in [0.1, 0.15) is 6.92 Å². The van der Waals surface area contributed by atoms with Crippen LogP contribution in [0.4, 0.5) is 0 Å². The molecule has 1 atom stereocenters. The van der Waals surface area contributed by atoms with Crippen LogP contribution in [0.25, 0.3) is 0 Å². The Bertz CT molecular complexity index is 245. The molecule has 0 aromatic rings. The van der Waals surface area contributed by atoms with Gasteiger partial charge in [0.05, 0.1) is 6.61 Å². The molecule has 2 amide bonds. The van der Waals surface area contributed by atoms with Gasteiger partial charge in [0.15, 0.2) is 0 Å². The molecular weight excluding hydrogens is 198 g/mol. The maximum Gasteiger partial charge on any atom is 0.249 e. The highest BCUT2D eigenvalue weighted by Crippen LogP contribution is 2.04. The van der Waals surface area contributed by atoms with Gasteiger partial charge in [0.2, 0.25) is 11.8 Å². The SMILES string of the molecule is CC1C(=O)NCCN1C(=O)COCCN. The van der Waals surface area contributed by atoms with Gasteiger partial charge in [0.25, 0.3) is 0 Å². The van der Waals surface area contributed by atoms with E-state index in [4.69, 9.17) is 10.5 Å². The smallest absolute Gasteiger partial charge is 0.249 e. The lowest BCUT2D eigenvalue weighted by atomic mass is 10.2. The maximum absolute atomic E-state index is 11.6. The van der Waals surface area contributed by atoms with Crippen molar-refractivity contribution in [1.29, 1.82) is 0 Å². The topological polar surface area (TPSA) is 84.7 Å². The molecule has 0 bridgehead atoms. The highest BCUT2D eigenvalue weighted by Gasteiger charge is 2.28. The Labute approximate surface area is 88.7 Å². The van der Waals surface area contributed by atoms with E-state index in [1.54, 1.807) is 6.92 Å². The van der Waals surface area contributed by atoms with E-state index >= 15 is 0 Å². The maximum atomic E-state index is 11.6. The van der Waals surface area contributed by atoms with E-state index in [1.807, 2.05) is 0 Å². The zero-order valence-corrected chi connectivity index (χ0v) is 8.86. The molecule has 0 aromatic carbocycles. The number of nitrogens with one attached hydrogen (secondary N) is 1. The third-order valence-electron chi connectivity index (χ3n) is 2.31. The second kappa shape index (κ2) is 5.67. The summed E-state index contributed by atoms with van der Waals surface area (Å²) in [6.45, 7) is 3.50. The number of rotatable bonds is 4. The number of nitrogens with zero attached hydrogens (tertiary/aromatic N) is 1. The van der Waals surface area contributed by atoms with Gasteiger partial charge in [-0.25, -0.2) is 0 Å². The predicted octanol–water partition coefficient (Wildman–Crippen LogP) is -1.69. The van der Waals surface area contributed by atoms with Gasteiger partial charge in [0.1, 0.15) is 12.6 Å². The normalized spacial score (nSPS) is 21.3. The van der Waals surface area contributed by atoms with Gasteiger partial charge >= 0.3 is 0 Å². The molecule has 0 spiro atoms. The Morgan fingerprint density at radius 3 is 3.13 bits per heavy atom. The van der Waals surface area contributed by atoms with E-state index in [0.29, 0.717) is 26.2 Å². The summed E-state index contributed by atoms with van der Waals surface area (Å²) in [5.41, 5.74) is 5.23. The Morgan fingerprint density at radius 2 is 2.47 bits per heavy atom. The molecule has 15 heavy (non-hydrogen) atoms. The van der Waals surface area contributed by atoms with Crippen LogP contribution in [0.2, 0.25) is 0 Å². The molecule has 0 aliphatic carbocycles. The van der Waals surface area contributed by atoms with Crippen LogP contribution >= 0.6 is 0 Å². The van der Waals surface area contributed by atoms with Gasteiger partial charge in [-0.05, 0) is 6.92 Å². The fraction of sp³-hybridized carbons (Fsp3) is 0.778. The lowest BCUT2D eigenvalue weighted by Gasteiger charge is -2.32. The Morgan fingerprint density at radius 1 is 1.73 bits per heavy atom. The Balaban J connectivity index is 2.40. The monoisotopic (exact) mass is 215 g/mol. The number of amides is 2. The van der Waals surface area contributed by atoms with Gasteiger partial charge in [-0.15, -0.1) is 0 Å². The minimum absolute atomic E-state index is 0.00514. The van der Waals surface area contributed by atoms with Gasteiger partial charge in [0, 0.05) is 19.6 Å². The second-order valence-electron chi connectivity index (χ2n) is 3.40. The lowest BCUT2D eigenvalue weighted by molar-refractivity contribution is -0.145. The van der Waals surface area contributed by atoms with Crippen molar-refractivity contribution in [3.63, 3.8) is 0 Å². The van der Waals surface area contributed by atoms with E-state index < -0.39 is 6.04 Å². The highest BCUT2D eigenvalue weighted by molar-refractivity contribution is 5.88. The average molecular weight is 215 g/mol. The van der Waals surface area contributed by atoms with Crippen LogP contribution in [0.3, 0.4) is 0 Å².